The predicted molar refractivity (Wildman–Crippen MR) is 123 cm³/mol. The summed E-state index contributed by atoms with van der Waals surface area (Å²) in [5, 5.41) is 18.4. The van der Waals surface area contributed by atoms with Crippen molar-refractivity contribution in [2.75, 3.05) is 30.3 Å². The zero-order valence-electron chi connectivity index (χ0n) is 16.7. The molecular weight excluding hydrogens is 436 g/mol. The van der Waals surface area contributed by atoms with Crippen molar-refractivity contribution in [1.29, 1.82) is 0 Å². The van der Waals surface area contributed by atoms with E-state index < -0.39 is 6.03 Å². The van der Waals surface area contributed by atoms with Crippen molar-refractivity contribution in [3.05, 3.63) is 58.0 Å². The normalized spacial score (nSPS) is 14.2. The van der Waals surface area contributed by atoms with Gasteiger partial charge in [0.25, 0.3) is 5.91 Å². The maximum absolute atomic E-state index is 12.5. The number of anilines is 2. The minimum absolute atomic E-state index is 0.0700. The number of benzene rings is 1. The lowest BCUT2D eigenvalue weighted by Gasteiger charge is -2.22. The van der Waals surface area contributed by atoms with Gasteiger partial charge in [0, 0.05) is 11.9 Å². The Labute approximate surface area is 189 Å². The van der Waals surface area contributed by atoms with Gasteiger partial charge in [-0.2, -0.15) is 5.10 Å². The van der Waals surface area contributed by atoms with Crippen molar-refractivity contribution in [1.82, 2.24) is 20.4 Å². The van der Waals surface area contributed by atoms with Crippen molar-refractivity contribution < 1.29 is 9.59 Å². The molecule has 3 heterocycles. The summed E-state index contributed by atoms with van der Waals surface area (Å²) in [4.78, 5) is 25.3. The number of hydrogen-bond acceptors (Lipinski definition) is 5. The first kappa shape index (κ1) is 21.4. The Morgan fingerprint density at radius 3 is 2.84 bits per heavy atom. The van der Waals surface area contributed by atoms with Crippen LogP contribution >= 0.6 is 22.9 Å². The molecular formula is C21H23ClN6O2S. The van der Waals surface area contributed by atoms with Gasteiger partial charge in [0.15, 0.2) is 0 Å². The Morgan fingerprint density at radius 2 is 2.03 bits per heavy atom. The molecule has 1 aromatic carbocycles. The lowest BCUT2D eigenvalue weighted by Crippen LogP contribution is -2.35. The fourth-order valence-electron chi connectivity index (χ4n) is 3.35. The van der Waals surface area contributed by atoms with Gasteiger partial charge in [-0.1, -0.05) is 23.7 Å². The Kier molecular flexibility index (Phi) is 6.86. The van der Waals surface area contributed by atoms with Crippen LogP contribution in [-0.4, -0.2) is 41.4 Å². The Hall–Kier alpha value is -2.88. The molecule has 8 nitrogen and oxygen atoms in total. The molecule has 0 unspecified atom stereocenters. The summed E-state index contributed by atoms with van der Waals surface area (Å²) in [6.07, 6.45) is 5.40. The maximum Gasteiger partial charge on any atom is 0.323 e. The van der Waals surface area contributed by atoms with E-state index in [1.54, 1.807) is 47.4 Å². The van der Waals surface area contributed by atoms with Gasteiger partial charge in [0.2, 0.25) is 0 Å². The van der Waals surface area contributed by atoms with Crippen LogP contribution < -0.4 is 21.3 Å². The number of piperidine rings is 1. The number of halogens is 1. The quantitative estimate of drug-likeness (QED) is 0.449. The van der Waals surface area contributed by atoms with Crippen LogP contribution in [0.2, 0.25) is 5.02 Å². The summed E-state index contributed by atoms with van der Waals surface area (Å²) in [5.74, 6) is 0.459. The topological polar surface area (TPSA) is 100 Å². The van der Waals surface area contributed by atoms with E-state index in [0.29, 0.717) is 33.7 Å². The number of aromatic nitrogens is 2. The molecule has 0 radical (unpaired) electrons. The van der Waals surface area contributed by atoms with E-state index in [2.05, 4.69) is 26.4 Å². The molecule has 3 amide bonds. The Bertz CT molecular complexity index is 1060. The van der Waals surface area contributed by atoms with Gasteiger partial charge in [-0.25, -0.2) is 9.48 Å². The molecule has 1 aliphatic rings. The number of rotatable bonds is 6. The Balaban J connectivity index is 1.32. The number of nitrogens with zero attached hydrogens (tertiary/aromatic N) is 2. The number of urea groups is 1. The number of para-hydroxylation sites is 1. The first-order chi connectivity index (χ1) is 15.1. The zero-order chi connectivity index (χ0) is 21.6. The second kappa shape index (κ2) is 9.95. The van der Waals surface area contributed by atoms with Crippen LogP contribution in [0.1, 0.15) is 22.5 Å². The monoisotopic (exact) mass is 458 g/mol. The molecule has 2 aromatic heterocycles. The second-order valence-electron chi connectivity index (χ2n) is 7.31. The number of hydrogen-bond donors (Lipinski definition) is 4. The minimum Gasteiger partial charge on any atom is -0.351 e. The van der Waals surface area contributed by atoms with Crippen LogP contribution in [0.5, 0.6) is 0 Å². The first-order valence-electron chi connectivity index (χ1n) is 10.0. The molecule has 0 spiro atoms. The van der Waals surface area contributed by atoms with E-state index >= 15 is 0 Å². The molecule has 31 heavy (non-hydrogen) atoms. The fraction of sp³-hybridized carbons (Fsp3) is 0.286. The van der Waals surface area contributed by atoms with Crippen molar-refractivity contribution in [2.24, 2.45) is 5.92 Å². The largest absolute Gasteiger partial charge is 0.351 e. The third-order valence-corrected chi connectivity index (χ3v) is 6.29. The molecule has 4 N–H and O–H groups in total. The van der Waals surface area contributed by atoms with E-state index in [0.717, 1.165) is 31.6 Å². The van der Waals surface area contributed by atoms with Gasteiger partial charge in [-0.15, -0.1) is 11.3 Å². The van der Waals surface area contributed by atoms with E-state index in [1.807, 2.05) is 5.38 Å². The summed E-state index contributed by atoms with van der Waals surface area (Å²) in [7, 11) is 0. The summed E-state index contributed by atoms with van der Waals surface area (Å²) < 4.78 is 1.62. The third kappa shape index (κ3) is 5.63. The smallest absolute Gasteiger partial charge is 0.323 e. The van der Waals surface area contributed by atoms with Crippen molar-refractivity contribution in [3.63, 3.8) is 0 Å². The Morgan fingerprint density at radius 1 is 1.23 bits per heavy atom. The van der Waals surface area contributed by atoms with Crippen molar-refractivity contribution in [2.45, 2.75) is 12.8 Å². The lowest BCUT2D eigenvalue weighted by molar-refractivity contribution is 0.0948. The highest BCUT2D eigenvalue weighted by atomic mass is 35.5. The van der Waals surface area contributed by atoms with Gasteiger partial charge >= 0.3 is 6.03 Å². The summed E-state index contributed by atoms with van der Waals surface area (Å²) in [6.45, 7) is 2.72. The molecule has 0 aliphatic carbocycles. The van der Waals surface area contributed by atoms with Crippen LogP contribution in [0.15, 0.2) is 48.1 Å². The van der Waals surface area contributed by atoms with Gasteiger partial charge in [-0.3, -0.25) is 4.79 Å². The summed E-state index contributed by atoms with van der Waals surface area (Å²) >= 11 is 7.42. The molecule has 0 atom stereocenters. The molecule has 0 bridgehead atoms. The van der Waals surface area contributed by atoms with Crippen LogP contribution in [0.4, 0.5) is 16.2 Å². The summed E-state index contributed by atoms with van der Waals surface area (Å²) in [6, 6.07) is 8.37. The van der Waals surface area contributed by atoms with Gasteiger partial charge < -0.3 is 21.3 Å². The highest BCUT2D eigenvalue weighted by Crippen LogP contribution is 2.22. The van der Waals surface area contributed by atoms with E-state index in [-0.39, 0.29) is 5.91 Å². The molecule has 4 rings (SSSR count). The molecule has 3 aromatic rings. The van der Waals surface area contributed by atoms with Gasteiger partial charge in [-0.05, 0) is 50.0 Å². The third-order valence-electron chi connectivity index (χ3n) is 5.05. The molecule has 1 fully saturated rings. The van der Waals surface area contributed by atoms with Crippen LogP contribution in [0, 0.1) is 5.92 Å². The number of amides is 3. The number of carbonyl (C=O) groups excluding carboxylic acids is 2. The van der Waals surface area contributed by atoms with Crippen LogP contribution in [0.3, 0.4) is 0 Å². The van der Waals surface area contributed by atoms with Crippen molar-refractivity contribution >= 4 is 46.3 Å². The molecule has 10 heteroatoms. The molecule has 1 aliphatic heterocycles. The van der Waals surface area contributed by atoms with Crippen LogP contribution in [-0.2, 0) is 0 Å². The highest BCUT2D eigenvalue weighted by Gasteiger charge is 2.16. The average molecular weight is 459 g/mol. The predicted octanol–water partition coefficient (Wildman–Crippen LogP) is 3.96. The minimum atomic E-state index is -0.420. The zero-order valence-corrected chi connectivity index (χ0v) is 18.3. The number of thiophene rings is 1. The SMILES string of the molecule is O=C(Nc1cnn(-c2csc(C(=O)NCC3CCNCC3)c2)c1)Nc1ccccc1Cl. The van der Waals surface area contributed by atoms with Gasteiger partial charge in [0.1, 0.15) is 0 Å². The maximum atomic E-state index is 12.5. The average Bonchev–Trinajstić information content (AvgIpc) is 3.44. The number of carbonyl (C=O) groups is 2. The summed E-state index contributed by atoms with van der Waals surface area (Å²) in [5.41, 5.74) is 1.80. The standard InChI is InChI=1S/C21H23ClN6O2S/c22-17-3-1-2-4-18(17)27-21(30)26-15-11-25-28(12-15)16-9-19(31-13-16)20(29)24-10-14-5-7-23-8-6-14/h1-4,9,11-14,23H,5-8,10H2,(H,24,29)(H2,26,27,30). The first-order valence-corrected chi connectivity index (χ1v) is 11.3. The molecule has 0 saturated carbocycles. The number of nitrogens with one attached hydrogen (secondary N) is 4. The fourth-order valence-corrected chi connectivity index (χ4v) is 4.33. The van der Waals surface area contributed by atoms with E-state index in [1.165, 1.54) is 11.3 Å². The second-order valence-corrected chi connectivity index (χ2v) is 8.62. The lowest BCUT2D eigenvalue weighted by atomic mass is 9.98. The van der Waals surface area contributed by atoms with E-state index in [4.69, 9.17) is 11.6 Å². The van der Waals surface area contributed by atoms with Crippen molar-refractivity contribution in [3.8, 4) is 5.69 Å². The van der Waals surface area contributed by atoms with E-state index in [9.17, 15) is 9.59 Å². The highest BCUT2D eigenvalue weighted by molar-refractivity contribution is 7.12. The molecule has 162 valence electrons. The molecule has 1 saturated heterocycles. The van der Waals surface area contributed by atoms with Gasteiger partial charge in [0.05, 0.1) is 39.4 Å². The van der Waals surface area contributed by atoms with Crippen LogP contribution in [0.25, 0.3) is 5.69 Å².